The zero-order chi connectivity index (χ0) is 14.5. The Bertz CT molecular complexity index is 590. The van der Waals surface area contributed by atoms with Crippen molar-refractivity contribution in [2.24, 2.45) is 0 Å². The van der Waals surface area contributed by atoms with E-state index in [9.17, 15) is 4.79 Å². The highest BCUT2D eigenvalue weighted by molar-refractivity contribution is 5.90. The van der Waals surface area contributed by atoms with E-state index in [0.717, 1.165) is 16.8 Å². The third kappa shape index (κ3) is 3.60. The van der Waals surface area contributed by atoms with Crippen LogP contribution in [-0.2, 0) is 0 Å². The molecule has 20 heavy (non-hydrogen) atoms. The van der Waals surface area contributed by atoms with Crippen LogP contribution < -0.4 is 10.6 Å². The van der Waals surface area contributed by atoms with Gasteiger partial charge in [-0.25, -0.2) is 4.79 Å². The van der Waals surface area contributed by atoms with Crippen LogP contribution in [0.5, 0.6) is 0 Å². The first kappa shape index (κ1) is 14.1. The largest absolute Gasteiger partial charge is 0.331 e. The van der Waals surface area contributed by atoms with Crippen molar-refractivity contribution < 1.29 is 4.79 Å². The maximum Gasteiger partial charge on any atom is 0.319 e. The molecule has 0 aliphatic carbocycles. The summed E-state index contributed by atoms with van der Waals surface area (Å²) in [4.78, 5) is 12.0. The first-order valence-electron chi connectivity index (χ1n) is 6.76. The van der Waals surface area contributed by atoms with E-state index in [2.05, 4.69) is 10.6 Å². The van der Waals surface area contributed by atoms with Gasteiger partial charge in [-0.3, -0.25) is 0 Å². The minimum atomic E-state index is -0.188. The molecule has 0 bridgehead atoms. The van der Waals surface area contributed by atoms with E-state index >= 15 is 0 Å². The topological polar surface area (TPSA) is 41.1 Å². The molecule has 2 rings (SSSR count). The number of amides is 2. The number of rotatable bonds is 3. The van der Waals surface area contributed by atoms with Crippen molar-refractivity contribution in [3.63, 3.8) is 0 Å². The van der Waals surface area contributed by atoms with E-state index in [1.165, 1.54) is 5.56 Å². The van der Waals surface area contributed by atoms with Crippen molar-refractivity contribution in [3.05, 3.63) is 65.2 Å². The molecule has 104 valence electrons. The minimum absolute atomic E-state index is 0.0281. The second-order valence-electron chi connectivity index (χ2n) is 5.05. The predicted octanol–water partition coefficient (Wildman–Crippen LogP) is 4.19. The van der Waals surface area contributed by atoms with Crippen molar-refractivity contribution in [1.82, 2.24) is 5.32 Å². The first-order chi connectivity index (χ1) is 9.56. The van der Waals surface area contributed by atoms with Gasteiger partial charge in [-0.05, 0) is 38.0 Å². The molecule has 0 radical (unpaired) electrons. The molecule has 0 aromatic heterocycles. The Labute approximate surface area is 120 Å². The lowest BCUT2D eigenvalue weighted by molar-refractivity contribution is 0.249. The Hall–Kier alpha value is -2.29. The maximum atomic E-state index is 12.0. The average Bonchev–Trinajstić information content (AvgIpc) is 2.42. The van der Waals surface area contributed by atoms with E-state index < -0.39 is 0 Å². The zero-order valence-corrected chi connectivity index (χ0v) is 12.1. The molecule has 0 unspecified atom stereocenters. The summed E-state index contributed by atoms with van der Waals surface area (Å²) < 4.78 is 0. The summed E-state index contributed by atoms with van der Waals surface area (Å²) in [6.45, 7) is 5.99. The molecular formula is C17H20N2O. The Kier molecular flexibility index (Phi) is 4.41. The number of hydrogen-bond acceptors (Lipinski definition) is 1. The van der Waals surface area contributed by atoms with Crippen molar-refractivity contribution in [1.29, 1.82) is 0 Å². The SMILES string of the molecule is Cc1ccc([C@H](C)NC(=O)Nc2ccccc2C)cc1. The lowest BCUT2D eigenvalue weighted by atomic mass is 10.1. The molecule has 2 N–H and O–H groups in total. The summed E-state index contributed by atoms with van der Waals surface area (Å²) >= 11 is 0. The van der Waals surface area contributed by atoms with Crippen LogP contribution in [-0.4, -0.2) is 6.03 Å². The van der Waals surface area contributed by atoms with Crippen LogP contribution in [0.2, 0.25) is 0 Å². The summed E-state index contributed by atoms with van der Waals surface area (Å²) in [5.41, 5.74) is 4.19. The molecule has 1 atom stereocenters. The molecule has 0 saturated heterocycles. The van der Waals surface area contributed by atoms with Gasteiger partial charge in [-0.2, -0.15) is 0 Å². The second-order valence-corrected chi connectivity index (χ2v) is 5.05. The summed E-state index contributed by atoms with van der Waals surface area (Å²) in [7, 11) is 0. The molecule has 2 aromatic rings. The zero-order valence-electron chi connectivity index (χ0n) is 12.1. The molecule has 3 nitrogen and oxygen atoms in total. The lowest BCUT2D eigenvalue weighted by Gasteiger charge is -2.16. The third-order valence-electron chi connectivity index (χ3n) is 3.32. The van der Waals surface area contributed by atoms with Gasteiger partial charge >= 0.3 is 6.03 Å². The summed E-state index contributed by atoms with van der Waals surface area (Å²) in [6.07, 6.45) is 0. The fraction of sp³-hybridized carbons (Fsp3) is 0.235. The molecule has 0 heterocycles. The van der Waals surface area contributed by atoms with Crippen molar-refractivity contribution in [2.75, 3.05) is 5.32 Å². The molecule has 2 aromatic carbocycles. The van der Waals surface area contributed by atoms with Crippen LogP contribution in [0.1, 0.15) is 29.7 Å². The van der Waals surface area contributed by atoms with Gasteiger partial charge in [-0.15, -0.1) is 0 Å². The van der Waals surface area contributed by atoms with Crippen LogP contribution in [0, 0.1) is 13.8 Å². The number of carbonyl (C=O) groups excluding carboxylic acids is 1. The monoisotopic (exact) mass is 268 g/mol. The molecule has 0 spiro atoms. The number of benzene rings is 2. The maximum absolute atomic E-state index is 12.0. The van der Waals surface area contributed by atoms with Crippen LogP contribution in [0.3, 0.4) is 0 Å². The van der Waals surface area contributed by atoms with Gasteiger partial charge in [-0.1, -0.05) is 48.0 Å². The van der Waals surface area contributed by atoms with E-state index in [-0.39, 0.29) is 12.1 Å². The van der Waals surface area contributed by atoms with Crippen molar-refractivity contribution in [3.8, 4) is 0 Å². The smallest absolute Gasteiger partial charge is 0.319 e. The molecule has 0 aliphatic rings. The van der Waals surface area contributed by atoms with Gasteiger partial charge < -0.3 is 10.6 Å². The fourth-order valence-corrected chi connectivity index (χ4v) is 2.01. The van der Waals surface area contributed by atoms with Gasteiger partial charge in [0.25, 0.3) is 0 Å². The van der Waals surface area contributed by atoms with Crippen LogP contribution in [0.15, 0.2) is 48.5 Å². The standard InChI is InChI=1S/C17H20N2O/c1-12-8-10-15(11-9-12)14(3)18-17(20)19-16-7-5-4-6-13(16)2/h4-11,14H,1-3H3,(H2,18,19,20)/t14-/m0/s1. The molecule has 0 saturated carbocycles. The van der Waals surface area contributed by atoms with Gasteiger partial charge in [0.15, 0.2) is 0 Å². The van der Waals surface area contributed by atoms with Crippen LogP contribution >= 0.6 is 0 Å². The molecule has 0 aliphatic heterocycles. The van der Waals surface area contributed by atoms with E-state index in [0.29, 0.717) is 0 Å². The number of para-hydroxylation sites is 1. The van der Waals surface area contributed by atoms with Gasteiger partial charge in [0.05, 0.1) is 6.04 Å². The molecule has 3 heteroatoms. The summed E-state index contributed by atoms with van der Waals surface area (Å²) in [5, 5.41) is 5.81. The first-order valence-corrected chi connectivity index (χ1v) is 6.76. The lowest BCUT2D eigenvalue weighted by Crippen LogP contribution is -2.31. The highest BCUT2D eigenvalue weighted by atomic mass is 16.2. The molecule has 2 amide bonds. The Balaban J connectivity index is 1.98. The van der Waals surface area contributed by atoms with E-state index in [4.69, 9.17) is 0 Å². The average molecular weight is 268 g/mol. The number of carbonyl (C=O) groups is 1. The molecule has 0 fully saturated rings. The Morgan fingerprint density at radius 1 is 1.00 bits per heavy atom. The van der Waals surface area contributed by atoms with Gasteiger partial charge in [0, 0.05) is 5.69 Å². The molecular weight excluding hydrogens is 248 g/mol. The fourth-order valence-electron chi connectivity index (χ4n) is 2.01. The summed E-state index contributed by atoms with van der Waals surface area (Å²) in [5.74, 6) is 0. The van der Waals surface area contributed by atoms with Gasteiger partial charge in [0.1, 0.15) is 0 Å². The Morgan fingerprint density at radius 2 is 1.65 bits per heavy atom. The predicted molar refractivity (Wildman–Crippen MR) is 82.9 cm³/mol. The highest BCUT2D eigenvalue weighted by Gasteiger charge is 2.09. The van der Waals surface area contributed by atoms with Crippen LogP contribution in [0.4, 0.5) is 10.5 Å². The highest BCUT2D eigenvalue weighted by Crippen LogP contribution is 2.15. The quantitative estimate of drug-likeness (QED) is 0.861. The minimum Gasteiger partial charge on any atom is -0.331 e. The number of hydrogen-bond donors (Lipinski definition) is 2. The number of aryl methyl sites for hydroxylation is 2. The Morgan fingerprint density at radius 3 is 2.30 bits per heavy atom. The van der Waals surface area contributed by atoms with E-state index in [1.807, 2.05) is 69.3 Å². The van der Waals surface area contributed by atoms with Crippen molar-refractivity contribution in [2.45, 2.75) is 26.8 Å². The number of nitrogens with one attached hydrogen (secondary N) is 2. The third-order valence-corrected chi connectivity index (χ3v) is 3.32. The van der Waals surface area contributed by atoms with Crippen molar-refractivity contribution >= 4 is 11.7 Å². The number of urea groups is 1. The van der Waals surface area contributed by atoms with Gasteiger partial charge in [0.2, 0.25) is 0 Å². The van der Waals surface area contributed by atoms with E-state index in [1.54, 1.807) is 0 Å². The normalized spacial score (nSPS) is 11.8. The second kappa shape index (κ2) is 6.24. The summed E-state index contributed by atoms with van der Waals surface area (Å²) in [6, 6.07) is 15.7. The number of anilines is 1. The van der Waals surface area contributed by atoms with Crippen LogP contribution in [0.25, 0.3) is 0 Å².